The Morgan fingerprint density at radius 2 is 1.22 bits per heavy atom. The van der Waals surface area contributed by atoms with Gasteiger partial charge in [0.05, 0.1) is 6.61 Å². The minimum atomic E-state index is -0.735. The van der Waals surface area contributed by atoms with E-state index >= 15 is 0 Å². The number of hydrogen-bond acceptors (Lipinski definition) is 1. The second-order valence-electron chi connectivity index (χ2n) is 9.99. The average Bonchev–Trinajstić information content (AvgIpc) is 3.56. The van der Waals surface area contributed by atoms with E-state index in [2.05, 4.69) is 26.4 Å². The molecule has 0 spiro atoms. The van der Waals surface area contributed by atoms with Crippen LogP contribution in [0.4, 0.5) is 0 Å². The van der Waals surface area contributed by atoms with Crippen molar-refractivity contribution in [3.8, 4) is 0 Å². The Morgan fingerprint density at radius 3 is 1.67 bits per heavy atom. The third kappa shape index (κ3) is 8.29. The van der Waals surface area contributed by atoms with Crippen LogP contribution in [-0.2, 0) is 4.18 Å². The summed E-state index contributed by atoms with van der Waals surface area (Å²) in [5.74, 6) is 8.12. The van der Waals surface area contributed by atoms with E-state index in [1.54, 1.807) is 32.1 Å². The number of fused-ring (bicyclic) bond motifs is 2. The van der Waals surface area contributed by atoms with Crippen LogP contribution in [0.2, 0.25) is 0 Å². The molecule has 0 amide bonds. The van der Waals surface area contributed by atoms with E-state index in [-0.39, 0.29) is 0 Å². The normalized spacial score (nSPS) is 36.8. The standard InChI is InChI=1S/C13H26OS.C10H18.C2H6/c1-4-14-15(2,3)8-7-11-5-6-12-10-13(12)9-11;1-2-3-8-4-5-9-7-10(9)6-8;1-2/h11-13H,4-10H2,1-3H3;8-10H,2-7H2,1H3;1-2H3. The Balaban J connectivity index is 0.000000189. The van der Waals surface area contributed by atoms with Crippen molar-refractivity contribution in [2.24, 2.45) is 35.5 Å². The van der Waals surface area contributed by atoms with E-state index in [1.807, 2.05) is 13.8 Å². The van der Waals surface area contributed by atoms with Crippen LogP contribution in [0.3, 0.4) is 0 Å². The zero-order valence-corrected chi connectivity index (χ0v) is 20.3. The molecule has 0 heterocycles. The molecule has 2 heteroatoms. The highest BCUT2D eigenvalue weighted by Gasteiger charge is 2.42. The first-order valence-corrected chi connectivity index (χ1v) is 14.9. The van der Waals surface area contributed by atoms with Gasteiger partial charge in [0.15, 0.2) is 0 Å². The lowest BCUT2D eigenvalue weighted by molar-refractivity contribution is 0.323. The van der Waals surface area contributed by atoms with E-state index in [1.165, 1.54) is 56.1 Å². The molecule has 0 aromatic rings. The van der Waals surface area contributed by atoms with Gasteiger partial charge in [-0.15, -0.1) is 10.3 Å². The first-order valence-electron chi connectivity index (χ1n) is 12.4. The van der Waals surface area contributed by atoms with Crippen LogP contribution in [0, 0.1) is 35.5 Å². The van der Waals surface area contributed by atoms with E-state index in [4.69, 9.17) is 4.18 Å². The van der Waals surface area contributed by atoms with E-state index in [0.29, 0.717) is 0 Å². The Labute approximate surface area is 173 Å². The smallest absolute Gasteiger partial charge is 0.0563 e. The highest BCUT2D eigenvalue weighted by molar-refractivity contribution is 8.28. The summed E-state index contributed by atoms with van der Waals surface area (Å²) in [6.07, 6.45) is 21.4. The van der Waals surface area contributed by atoms with Crippen LogP contribution in [0.1, 0.15) is 98.3 Å². The van der Waals surface area contributed by atoms with Crippen LogP contribution >= 0.6 is 10.3 Å². The van der Waals surface area contributed by atoms with Crippen LogP contribution in [0.5, 0.6) is 0 Å². The van der Waals surface area contributed by atoms with Crippen LogP contribution in [0.25, 0.3) is 0 Å². The molecule has 0 aromatic heterocycles. The molecule has 4 rings (SSSR count). The SMILES string of the molecule is CC.CCCC1CCC2CC2C1.CCOS(C)(C)CCC1CCC2CC2C1. The maximum Gasteiger partial charge on any atom is 0.0563 e. The Bertz CT molecular complexity index is 407. The first-order chi connectivity index (χ1) is 13.0. The van der Waals surface area contributed by atoms with Gasteiger partial charge >= 0.3 is 0 Å². The lowest BCUT2D eigenvalue weighted by Crippen LogP contribution is -2.14. The quantitative estimate of drug-likeness (QED) is 0.421. The molecular formula is C25H50OS. The predicted octanol–water partition coefficient (Wildman–Crippen LogP) is 8.08. The average molecular weight is 399 g/mol. The van der Waals surface area contributed by atoms with Gasteiger partial charge in [-0.2, -0.15) is 0 Å². The largest absolute Gasteiger partial charge is 0.337 e. The van der Waals surface area contributed by atoms with E-state index < -0.39 is 10.3 Å². The molecule has 4 fully saturated rings. The second kappa shape index (κ2) is 11.5. The number of rotatable bonds is 7. The molecule has 1 nitrogen and oxygen atoms in total. The van der Waals surface area contributed by atoms with Crippen molar-refractivity contribution in [3.63, 3.8) is 0 Å². The second-order valence-corrected chi connectivity index (χ2v) is 13.5. The molecule has 4 aliphatic rings. The lowest BCUT2D eigenvalue weighted by Gasteiger charge is -2.33. The Morgan fingerprint density at radius 1 is 0.704 bits per heavy atom. The highest BCUT2D eigenvalue weighted by Crippen LogP contribution is 2.53. The Kier molecular flexibility index (Phi) is 10.0. The monoisotopic (exact) mass is 398 g/mol. The molecule has 0 radical (unpaired) electrons. The van der Waals surface area contributed by atoms with Gasteiger partial charge in [0.1, 0.15) is 0 Å². The zero-order valence-electron chi connectivity index (χ0n) is 19.5. The summed E-state index contributed by atoms with van der Waals surface area (Å²) in [4.78, 5) is 0. The summed E-state index contributed by atoms with van der Waals surface area (Å²) < 4.78 is 5.84. The van der Waals surface area contributed by atoms with Gasteiger partial charge in [-0.25, -0.2) is 0 Å². The van der Waals surface area contributed by atoms with Crippen molar-refractivity contribution in [2.75, 3.05) is 24.9 Å². The zero-order chi connectivity index (χ0) is 19.9. The molecule has 6 atom stereocenters. The van der Waals surface area contributed by atoms with Crippen molar-refractivity contribution in [1.29, 1.82) is 0 Å². The summed E-state index contributed by atoms with van der Waals surface area (Å²) in [6, 6.07) is 0. The van der Waals surface area contributed by atoms with Crippen LogP contribution in [0.15, 0.2) is 0 Å². The maximum atomic E-state index is 5.84. The molecule has 6 unspecified atom stereocenters. The third-order valence-electron chi connectivity index (χ3n) is 7.45. The topological polar surface area (TPSA) is 9.23 Å². The van der Waals surface area contributed by atoms with Gasteiger partial charge in [0.25, 0.3) is 0 Å². The van der Waals surface area contributed by atoms with Gasteiger partial charge in [-0.05, 0) is 106 Å². The predicted molar refractivity (Wildman–Crippen MR) is 125 cm³/mol. The molecule has 27 heavy (non-hydrogen) atoms. The van der Waals surface area contributed by atoms with Crippen molar-refractivity contribution in [1.82, 2.24) is 0 Å². The summed E-state index contributed by atoms with van der Waals surface area (Å²) >= 11 is 0. The molecule has 4 saturated carbocycles. The summed E-state index contributed by atoms with van der Waals surface area (Å²) in [5.41, 5.74) is 0. The Hall–Kier alpha value is 0.310. The maximum absolute atomic E-state index is 5.84. The van der Waals surface area contributed by atoms with Gasteiger partial charge < -0.3 is 4.18 Å². The fourth-order valence-electron chi connectivity index (χ4n) is 5.66. The van der Waals surface area contributed by atoms with Gasteiger partial charge in [0.2, 0.25) is 0 Å². The molecule has 0 bridgehead atoms. The summed E-state index contributed by atoms with van der Waals surface area (Å²) in [5, 5.41) is 0. The minimum Gasteiger partial charge on any atom is -0.337 e. The van der Waals surface area contributed by atoms with Crippen molar-refractivity contribution < 1.29 is 4.18 Å². The number of hydrogen-bond donors (Lipinski definition) is 0. The van der Waals surface area contributed by atoms with Gasteiger partial charge in [-0.1, -0.05) is 46.5 Å². The first kappa shape index (κ1) is 23.6. The fourth-order valence-corrected chi connectivity index (χ4v) is 7.31. The van der Waals surface area contributed by atoms with E-state index in [9.17, 15) is 0 Å². The molecule has 0 saturated heterocycles. The van der Waals surface area contributed by atoms with Gasteiger partial charge in [0, 0.05) is 0 Å². The molecule has 0 aliphatic heterocycles. The summed E-state index contributed by atoms with van der Waals surface area (Å²) in [6.45, 7) is 9.32. The lowest BCUT2D eigenvalue weighted by atomic mass is 9.86. The molecular weight excluding hydrogens is 348 g/mol. The molecule has 0 N–H and O–H groups in total. The van der Waals surface area contributed by atoms with E-state index in [0.717, 1.165) is 30.3 Å². The van der Waals surface area contributed by atoms with Crippen LogP contribution < -0.4 is 0 Å². The van der Waals surface area contributed by atoms with Crippen molar-refractivity contribution in [3.05, 3.63) is 0 Å². The molecule has 4 aliphatic carbocycles. The highest BCUT2D eigenvalue weighted by atomic mass is 32.3. The van der Waals surface area contributed by atoms with Crippen molar-refractivity contribution in [2.45, 2.75) is 98.3 Å². The fraction of sp³-hybridized carbons (Fsp3) is 1.00. The molecule has 0 aromatic carbocycles. The molecule has 162 valence electrons. The van der Waals surface area contributed by atoms with Gasteiger partial charge in [-0.3, -0.25) is 0 Å². The van der Waals surface area contributed by atoms with Crippen molar-refractivity contribution >= 4 is 10.3 Å². The van der Waals surface area contributed by atoms with Crippen LogP contribution in [-0.4, -0.2) is 24.9 Å². The summed E-state index contributed by atoms with van der Waals surface area (Å²) in [7, 11) is -0.735. The minimum absolute atomic E-state index is 0.735. The third-order valence-corrected chi connectivity index (χ3v) is 9.55.